The van der Waals surface area contributed by atoms with Gasteiger partial charge < -0.3 is 16.0 Å². The number of non-ortho nitro benzene ring substituents is 1. The van der Waals surface area contributed by atoms with Crippen LogP contribution in [0.2, 0.25) is 0 Å². The molecule has 0 aliphatic rings. The zero-order chi connectivity index (χ0) is 16.7. The number of hydrogen-bond acceptors (Lipinski definition) is 4. The fraction of sp³-hybridized carbons (Fsp3) is 0.188. The normalized spacial score (nSPS) is 9.96. The lowest BCUT2D eigenvalue weighted by atomic mass is 10.2. The molecule has 0 atom stereocenters. The molecule has 0 radical (unpaired) electrons. The van der Waals surface area contributed by atoms with Crippen LogP contribution in [-0.4, -0.2) is 23.1 Å². The third-order valence-electron chi connectivity index (χ3n) is 3.21. The van der Waals surface area contributed by atoms with Gasteiger partial charge in [-0.3, -0.25) is 10.1 Å². The Balaban J connectivity index is 1.71. The standard InChI is InChI=1S/C16H18N4O2S/c1-12-4-2-3-5-15(12)19-16(23)18-11-10-17-13-6-8-14(9-7-13)20(21)22/h2-9,17H,10-11H2,1H3,(H2,18,19,23). The van der Waals surface area contributed by atoms with Crippen LogP contribution >= 0.6 is 12.2 Å². The summed E-state index contributed by atoms with van der Waals surface area (Å²) in [5, 5.41) is 20.6. The average molecular weight is 330 g/mol. The first-order chi connectivity index (χ1) is 11.1. The lowest BCUT2D eigenvalue weighted by Crippen LogP contribution is -2.32. The molecule has 0 spiro atoms. The molecule has 0 saturated heterocycles. The summed E-state index contributed by atoms with van der Waals surface area (Å²) in [7, 11) is 0. The molecule has 2 rings (SSSR count). The molecule has 0 aromatic heterocycles. The van der Waals surface area contributed by atoms with Crippen molar-refractivity contribution in [3.8, 4) is 0 Å². The van der Waals surface area contributed by atoms with Crippen LogP contribution in [0, 0.1) is 17.0 Å². The van der Waals surface area contributed by atoms with Gasteiger partial charge in [0.05, 0.1) is 4.92 Å². The van der Waals surface area contributed by atoms with Gasteiger partial charge in [-0.05, 0) is 42.9 Å². The van der Waals surface area contributed by atoms with E-state index in [0.29, 0.717) is 18.2 Å². The van der Waals surface area contributed by atoms with Crippen LogP contribution in [0.5, 0.6) is 0 Å². The summed E-state index contributed by atoms with van der Waals surface area (Å²) in [6.07, 6.45) is 0. The molecule has 7 heteroatoms. The lowest BCUT2D eigenvalue weighted by molar-refractivity contribution is -0.384. The van der Waals surface area contributed by atoms with E-state index in [1.54, 1.807) is 12.1 Å². The summed E-state index contributed by atoms with van der Waals surface area (Å²) in [5.41, 5.74) is 3.02. The number of nitrogens with one attached hydrogen (secondary N) is 3. The number of nitrogens with zero attached hydrogens (tertiary/aromatic N) is 1. The Hall–Kier alpha value is -2.67. The zero-order valence-corrected chi connectivity index (χ0v) is 13.5. The van der Waals surface area contributed by atoms with E-state index >= 15 is 0 Å². The van der Waals surface area contributed by atoms with Gasteiger partial charge in [0.1, 0.15) is 0 Å². The number of nitro groups is 1. The van der Waals surface area contributed by atoms with Crippen LogP contribution in [0.25, 0.3) is 0 Å². The molecule has 0 saturated carbocycles. The van der Waals surface area contributed by atoms with Gasteiger partial charge in [-0.25, -0.2) is 0 Å². The van der Waals surface area contributed by atoms with Gasteiger partial charge in [0.25, 0.3) is 5.69 Å². The van der Waals surface area contributed by atoms with E-state index in [0.717, 1.165) is 16.9 Å². The number of thiocarbonyl (C=S) groups is 1. The first-order valence-corrected chi connectivity index (χ1v) is 7.56. The number of nitro benzene ring substituents is 1. The fourth-order valence-corrected chi connectivity index (χ4v) is 2.18. The van der Waals surface area contributed by atoms with Gasteiger partial charge >= 0.3 is 0 Å². The minimum Gasteiger partial charge on any atom is -0.383 e. The molecule has 2 aromatic carbocycles. The maximum atomic E-state index is 10.6. The van der Waals surface area contributed by atoms with Gasteiger partial charge in [-0.2, -0.15) is 0 Å². The summed E-state index contributed by atoms with van der Waals surface area (Å²) in [5.74, 6) is 0. The van der Waals surface area contributed by atoms with Crippen LogP contribution in [-0.2, 0) is 0 Å². The van der Waals surface area contributed by atoms with E-state index in [1.807, 2.05) is 31.2 Å². The maximum absolute atomic E-state index is 10.6. The Morgan fingerprint density at radius 3 is 2.48 bits per heavy atom. The highest BCUT2D eigenvalue weighted by Gasteiger charge is 2.03. The molecule has 2 aromatic rings. The van der Waals surface area contributed by atoms with Gasteiger partial charge in [0.15, 0.2) is 5.11 Å². The topological polar surface area (TPSA) is 79.2 Å². The van der Waals surface area contributed by atoms with E-state index in [4.69, 9.17) is 12.2 Å². The quantitative estimate of drug-likeness (QED) is 0.326. The molecule has 0 aliphatic heterocycles. The van der Waals surface area contributed by atoms with Crippen LogP contribution in [0.1, 0.15) is 5.56 Å². The number of benzene rings is 2. The summed E-state index contributed by atoms with van der Waals surface area (Å²) >= 11 is 5.25. The number of rotatable bonds is 6. The highest BCUT2D eigenvalue weighted by molar-refractivity contribution is 7.80. The van der Waals surface area contributed by atoms with Gasteiger partial charge in [0.2, 0.25) is 0 Å². The summed E-state index contributed by atoms with van der Waals surface area (Å²) in [4.78, 5) is 10.2. The van der Waals surface area contributed by atoms with Crippen molar-refractivity contribution in [1.29, 1.82) is 0 Å². The van der Waals surface area contributed by atoms with E-state index < -0.39 is 4.92 Å². The Morgan fingerprint density at radius 1 is 1.13 bits per heavy atom. The molecule has 120 valence electrons. The van der Waals surface area contributed by atoms with E-state index in [2.05, 4.69) is 16.0 Å². The highest BCUT2D eigenvalue weighted by Crippen LogP contribution is 2.15. The molecule has 23 heavy (non-hydrogen) atoms. The van der Waals surface area contributed by atoms with Crippen molar-refractivity contribution < 1.29 is 4.92 Å². The zero-order valence-electron chi connectivity index (χ0n) is 12.7. The second kappa shape index (κ2) is 8.09. The molecule has 3 N–H and O–H groups in total. The SMILES string of the molecule is Cc1ccccc1NC(=S)NCCNc1ccc([N+](=O)[O-])cc1. The van der Waals surface area contributed by atoms with E-state index in [1.165, 1.54) is 12.1 Å². The summed E-state index contributed by atoms with van der Waals surface area (Å²) < 4.78 is 0. The van der Waals surface area contributed by atoms with Gasteiger partial charge in [-0.15, -0.1) is 0 Å². The Kier molecular flexibility index (Phi) is 5.87. The van der Waals surface area contributed by atoms with Crippen LogP contribution in [0.3, 0.4) is 0 Å². The first kappa shape index (κ1) is 16.7. The van der Waals surface area contributed by atoms with Crippen molar-refractivity contribution in [1.82, 2.24) is 5.32 Å². The second-order valence-electron chi connectivity index (χ2n) is 4.93. The van der Waals surface area contributed by atoms with E-state index in [9.17, 15) is 10.1 Å². The maximum Gasteiger partial charge on any atom is 0.269 e. The largest absolute Gasteiger partial charge is 0.383 e. The van der Waals surface area contributed by atoms with Crippen molar-refractivity contribution in [2.45, 2.75) is 6.92 Å². The molecule has 6 nitrogen and oxygen atoms in total. The minimum absolute atomic E-state index is 0.0808. The monoisotopic (exact) mass is 330 g/mol. The smallest absolute Gasteiger partial charge is 0.269 e. The molecule has 0 aliphatic carbocycles. The van der Waals surface area contributed by atoms with Crippen LogP contribution < -0.4 is 16.0 Å². The Morgan fingerprint density at radius 2 is 1.83 bits per heavy atom. The minimum atomic E-state index is -0.416. The predicted octanol–water partition coefficient (Wildman–Crippen LogP) is 3.30. The van der Waals surface area contributed by atoms with Crippen LogP contribution in [0.15, 0.2) is 48.5 Å². The third-order valence-corrected chi connectivity index (χ3v) is 3.46. The van der Waals surface area contributed by atoms with Crippen LogP contribution in [0.4, 0.5) is 17.1 Å². The number of anilines is 2. The number of aryl methyl sites for hydroxylation is 1. The molecule has 0 fully saturated rings. The first-order valence-electron chi connectivity index (χ1n) is 7.15. The van der Waals surface area contributed by atoms with Crippen molar-refractivity contribution in [3.63, 3.8) is 0 Å². The molecular formula is C16H18N4O2S. The Labute approximate surface area is 140 Å². The third kappa shape index (κ3) is 5.23. The molecule has 0 bridgehead atoms. The Bertz CT molecular complexity index is 689. The van der Waals surface area contributed by atoms with Crippen molar-refractivity contribution >= 4 is 34.4 Å². The fourth-order valence-electron chi connectivity index (χ4n) is 1.96. The van der Waals surface area contributed by atoms with E-state index in [-0.39, 0.29) is 5.69 Å². The second-order valence-corrected chi connectivity index (χ2v) is 5.33. The lowest BCUT2D eigenvalue weighted by Gasteiger charge is -2.13. The van der Waals surface area contributed by atoms with Crippen molar-refractivity contribution in [2.24, 2.45) is 0 Å². The van der Waals surface area contributed by atoms with Gasteiger partial charge in [-0.1, -0.05) is 18.2 Å². The molecule has 0 unspecified atom stereocenters. The predicted molar refractivity (Wildman–Crippen MR) is 97.0 cm³/mol. The molecule has 0 amide bonds. The highest BCUT2D eigenvalue weighted by atomic mass is 32.1. The molecular weight excluding hydrogens is 312 g/mol. The number of para-hydroxylation sites is 1. The van der Waals surface area contributed by atoms with Gasteiger partial charge in [0, 0.05) is 36.6 Å². The number of hydrogen-bond donors (Lipinski definition) is 3. The van der Waals surface area contributed by atoms with Crippen molar-refractivity contribution in [2.75, 3.05) is 23.7 Å². The summed E-state index contributed by atoms with van der Waals surface area (Å²) in [6, 6.07) is 14.2. The van der Waals surface area contributed by atoms with Crippen molar-refractivity contribution in [3.05, 3.63) is 64.2 Å². The summed E-state index contributed by atoms with van der Waals surface area (Å²) in [6.45, 7) is 3.29. The molecule has 0 heterocycles. The average Bonchev–Trinajstić information content (AvgIpc) is 2.54.